The van der Waals surface area contributed by atoms with Crippen LogP contribution in [0.5, 0.6) is 0 Å². The lowest BCUT2D eigenvalue weighted by atomic mass is 10.3. The number of aldehydes is 1. The molecule has 15 heteroatoms. The van der Waals surface area contributed by atoms with Crippen molar-refractivity contribution in [3.8, 4) is 0 Å². The minimum Gasteiger partial charge on any atom is -0.466 e. The first-order chi connectivity index (χ1) is 19.2. The third-order valence-corrected chi connectivity index (χ3v) is 17.0. The zero-order valence-electron chi connectivity index (χ0n) is 21.5. The topological polar surface area (TPSA) is 80.3 Å². The summed E-state index contributed by atoms with van der Waals surface area (Å²) in [6.07, 6.45) is 4.22. The fraction of sp³-hybridized carbons (Fsp3) is 0.667. The Labute approximate surface area is 264 Å². The Morgan fingerprint density at radius 2 is 1.31 bits per heavy atom. The Hall–Kier alpha value is 1.000. The Bertz CT molecular complexity index is 893. The van der Waals surface area contributed by atoms with E-state index in [-0.39, 0.29) is 18.2 Å². The lowest BCUT2D eigenvalue weighted by Gasteiger charge is -2.09. The predicted molar refractivity (Wildman–Crippen MR) is 174 cm³/mol. The highest BCUT2D eigenvalue weighted by Crippen LogP contribution is 2.66. The van der Waals surface area contributed by atoms with Crippen molar-refractivity contribution in [1.29, 1.82) is 0 Å². The Kier molecular flexibility index (Phi) is 15.7. The molecule has 0 aromatic heterocycles. The van der Waals surface area contributed by atoms with Crippen molar-refractivity contribution in [1.82, 2.24) is 0 Å². The molecule has 4 aliphatic heterocycles. The van der Waals surface area contributed by atoms with E-state index in [0.717, 1.165) is 36.4 Å². The molecule has 4 aliphatic rings. The standard InChI is InChI=1S/C24H32O7S8/c1-2-29-18(26)6-11-35-20-19(32-8-3-7-25)36-23(37-20)24-38-21(33-9-4-16-12-27-14-30-16)22(39-24)34-10-5-17-13-28-15-31-17/h7,16-17H,2-6,8-15H2,1H3. The van der Waals surface area contributed by atoms with Gasteiger partial charge in [0.2, 0.25) is 0 Å². The van der Waals surface area contributed by atoms with Crippen LogP contribution in [0.3, 0.4) is 0 Å². The molecule has 2 fully saturated rings. The number of ether oxygens (including phenoxy) is 5. The van der Waals surface area contributed by atoms with Crippen LogP contribution in [0.4, 0.5) is 0 Å². The number of hydrogen-bond donors (Lipinski definition) is 0. The van der Waals surface area contributed by atoms with Crippen LogP contribution in [0, 0.1) is 0 Å². The van der Waals surface area contributed by atoms with Gasteiger partial charge >= 0.3 is 5.97 Å². The second-order valence-corrected chi connectivity index (χ2v) is 18.2. The minimum absolute atomic E-state index is 0.159. The van der Waals surface area contributed by atoms with E-state index < -0.39 is 0 Å². The fourth-order valence-electron chi connectivity index (χ4n) is 3.37. The van der Waals surface area contributed by atoms with Gasteiger partial charge in [0.25, 0.3) is 0 Å². The van der Waals surface area contributed by atoms with E-state index in [4.69, 9.17) is 23.7 Å². The summed E-state index contributed by atoms with van der Waals surface area (Å²) < 4.78 is 34.8. The highest BCUT2D eigenvalue weighted by atomic mass is 32.3. The van der Waals surface area contributed by atoms with Gasteiger partial charge in [-0.15, -0.1) is 47.0 Å². The van der Waals surface area contributed by atoms with Gasteiger partial charge in [-0.3, -0.25) is 4.79 Å². The zero-order valence-corrected chi connectivity index (χ0v) is 28.1. The van der Waals surface area contributed by atoms with Crippen LogP contribution in [0.25, 0.3) is 0 Å². The third-order valence-electron chi connectivity index (χ3n) is 5.28. The molecule has 0 amide bonds. The first-order valence-electron chi connectivity index (χ1n) is 12.6. The van der Waals surface area contributed by atoms with Crippen LogP contribution in [0.2, 0.25) is 0 Å². The molecule has 0 aromatic carbocycles. The molecule has 0 N–H and O–H groups in total. The monoisotopic (exact) mass is 688 g/mol. The summed E-state index contributed by atoms with van der Waals surface area (Å²) in [7, 11) is 0. The molecule has 4 heterocycles. The minimum atomic E-state index is -0.159. The number of thioether (sulfide) groups is 8. The first kappa shape index (κ1) is 32.9. The van der Waals surface area contributed by atoms with E-state index >= 15 is 0 Å². The molecule has 2 atom stereocenters. The van der Waals surface area contributed by atoms with E-state index in [2.05, 4.69) is 0 Å². The molecule has 2 saturated heterocycles. The van der Waals surface area contributed by atoms with Crippen molar-refractivity contribution in [2.24, 2.45) is 0 Å². The molecular weight excluding hydrogens is 657 g/mol. The van der Waals surface area contributed by atoms with Crippen molar-refractivity contribution in [3.05, 3.63) is 25.4 Å². The quantitative estimate of drug-likeness (QED) is 0.0869. The smallest absolute Gasteiger partial charge is 0.306 e. The molecule has 0 aromatic rings. The third kappa shape index (κ3) is 11.2. The van der Waals surface area contributed by atoms with Crippen molar-refractivity contribution in [2.45, 2.75) is 44.8 Å². The Morgan fingerprint density at radius 1 is 0.821 bits per heavy atom. The maximum atomic E-state index is 11.8. The lowest BCUT2D eigenvalue weighted by molar-refractivity contribution is -0.142. The molecule has 0 bridgehead atoms. The molecule has 4 rings (SSSR count). The van der Waals surface area contributed by atoms with Crippen LogP contribution in [-0.2, 0) is 33.3 Å². The van der Waals surface area contributed by atoms with Crippen molar-refractivity contribution < 1.29 is 33.3 Å². The van der Waals surface area contributed by atoms with E-state index in [1.807, 2.05) is 54.0 Å². The summed E-state index contributed by atoms with van der Waals surface area (Å²) in [6.45, 7) is 4.41. The van der Waals surface area contributed by atoms with Crippen LogP contribution in [0.1, 0.15) is 32.6 Å². The summed E-state index contributed by atoms with van der Waals surface area (Å²) in [6, 6.07) is 0. The van der Waals surface area contributed by atoms with Crippen molar-refractivity contribution >= 4 is 106 Å². The van der Waals surface area contributed by atoms with Crippen molar-refractivity contribution in [3.63, 3.8) is 0 Å². The molecule has 218 valence electrons. The summed E-state index contributed by atoms with van der Waals surface area (Å²) >= 11 is 14.6. The van der Waals surface area contributed by atoms with Gasteiger partial charge in [-0.05, 0) is 19.8 Å². The first-order valence-corrected chi connectivity index (χ1v) is 19.8. The van der Waals surface area contributed by atoms with Crippen LogP contribution < -0.4 is 0 Å². The van der Waals surface area contributed by atoms with Gasteiger partial charge in [0.15, 0.2) is 0 Å². The average molecular weight is 689 g/mol. The van der Waals surface area contributed by atoms with Gasteiger partial charge in [0.05, 0.1) is 63.9 Å². The van der Waals surface area contributed by atoms with Crippen LogP contribution in [0.15, 0.2) is 25.4 Å². The van der Waals surface area contributed by atoms with E-state index in [1.165, 1.54) is 25.4 Å². The van der Waals surface area contributed by atoms with Gasteiger partial charge in [0.1, 0.15) is 19.9 Å². The largest absolute Gasteiger partial charge is 0.466 e. The number of carbonyl (C=O) groups excluding carboxylic acids is 2. The molecule has 2 unspecified atom stereocenters. The number of hydrogen-bond acceptors (Lipinski definition) is 15. The molecule has 0 saturated carbocycles. The summed E-state index contributed by atoms with van der Waals surface area (Å²) in [5.41, 5.74) is 0. The molecule has 0 spiro atoms. The summed E-state index contributed by atoms with van der Waals surface area (Å²) in [4.78, 5) is 22.7. The highest BCUT2D eigenvalue weighted by Gasteiger charge is 2.31. The Morgan fingerprint density at radius 3 is 1.74 bits per heavy atom. The molecule has 39 heavy (non-hydrogen) atoms. The maximum Gasteiger partial charge on any atom is 0.306 e. The fourth-order valence-corrected chi connectivity index (χ4v) is 15.5. The van der Waals surface area contributed by atoms with Crippen LogP contribution in [-0.4, -0.2) is 80.9 Å². The number of rotatable bonds is 17. The van der Waals surface area contributed by atoms with E-state index in [9.17, 15) is 9.59 Å². The number of carbonyl (C=O) groups is 2. The van der Waals surface area contributed by atoms with Gasteiger partial charge < -0.3 is 28.5 Å². The van der Waals surface area contributed by atoms with Crippen molar-refractivity contribution in [2.75, 3.05) is 56.4 Å². The summed E-state index contributed by atoms with van der Waals surface area (Å²) in [5.74, 6) is 3.27. The van der Waals surface area contributed by atoms with Gasteiger partial charge in [0, 0.05) is 29.4 Å². The molecule has 0 radical (unpaired) electrons. The lowest BCUT2D eigenvalue weighted by Crippen LogP contribution is -2.10. The van der Waals surface area contributed by atoms with E-state index in [0.29, 0.717) is 52.0 Å². The second kappa shape index (κ2) is 18.6. The number of esters is 1. The normalized spacial score (nSPS) is 23.5. The Balaban J connectivity index is 1.37. The van der Waals surface area contributed by atoms with Gasteiger partial charge in [-0.1, -0.05) is 47.0 Å². The second-order valence-electron chi connectivity index (χ2n) is 8.17. The summed E-state index contributed by atoms with van der Waals surface area (Å²) in [5, 5.41) is 0. The molecule has 0 aliphatic carbocycles. The van der Waals surface area contributed by atoms with Gasteiger partial charge in [-0.25, -0.2) is 0 Å². The highest BCUT2D eigenvalue weighted by molar-refractivity contribution is 8.45. The zero-order chi connectivity index (χ0) is 27.3. The predicted octanol–water partition coefficient (Wildman–Crippen LogP) is 7.33. The SMILES string of the molecule is CCOC(=O)CCSC1=C(SCCC=O)SC(=C2SC(SCCC3COCO3)=C(SCCC3COCO3)S2)S1. The maximum absolute atomic E-state index is 11.8. The van der Waals surface area contributed by atoms with Gasteiger partial charge in [-0.2, -0.15) is 0 Å². The average Bonchev–Trinajstić information content (AvgIpc) is 3.74. The van der Waals surface area contributed by atoms with Crippen LogP contribution >= 0.6 is 94.1 Å². The molecular formula is C24H32O7S8. The van der Waals surface area contributed by atoms with E-state index in [1.54, 1.807) is 47.0 Å². The molecule has 7 nitrogen and oxygen atoms in total.